The first-order valence-electron chi connectivity index (χ1n) is 4.47. The van der Waals surface area contributed by atoms with E-state index < -0.39 is 5.97 Å². The summed E-state index contributed by atoms with van der Waals surface area (Å²) in [7, 11) is 0. The van der Waals surface area contributed by atoms with Crippen LogP contribution in [0.25, 0.3) is 0 Å². The monoisotopic (exact) mass is 222 g/mol. The Morgan fingerprint density at radius 2 is 2.19 bits per heavy atom. The highest BCUT2D eigenvalue weighted by molar-refractivity contribution is 5.88. The van der Waals surface area contributed by atoms with Gasteiger partial charge >= 0.3 is 5.97 Å². The van der Waals surface area contributed by atoms with Crippen molar-refractivity contribution in [3.63, 3.8) is 0 Å². The summed E-state index contributed by atoms with van der Waals surface area (Å²) in [6, 6.07) is 2.79. The number of rotatable bonds is 4. The zero-order valence-electron chi connectivity index (χ0n) is 8.56. The van der Waals surface area contributed by atoms with Crippen LogP contribution in [-0.2, 0) is 16.0 Å². The van der Waals surface area contributed by atoms with Gasteiger partial charge in [0, 0.05) is 6.92 Å². The van der Waals surface area contributed by atoms with Gasteiger partial charge in [-0.25, -0.2) is 4.98 Å². The Morgan fingerprint density at radius 3 is 2.69 bits per heavy atom. The van der Waals surface area contributed by atoms with E-state index in [9.17, 15) is 14.4 Å². The van der Waals surface area contributed by atoms with Gasteiger partial charge in [0.05, 0.1) is 6.42 Å². The summed E-state index contributed by atoms with van der Waals surface area (Å²) in [4.78, 5) is 35.7. The first-order valence-corrected chi connectivity index (χ1v) is 4.47. The number of hydrogen-bond acceptors (Lipinski definition) is 4. The normalized spacial score (nSPS) is 9.56. The van der Waals surface area contributed by atoms with Crippen LogP contribution in [0.3, 0.4) is 0 Å². The summed E-state index contributed by atoms with van der Waals surface area (Å²) in [5.74, 6) is -1.18. The molecule has 84 valence electrons. The first-order chi connectivity index (χ1) is 7.51. The quantitative estimate of drug-likeness (QED) is 0.722. The molecule has 1 amide bonds. The first kappa shape index (κ1) is 11.8. The van der Waals surface area contributed by atoms with Crippen molar-refractivity contribution in [1.29, 1.82) is 0 Å². The molecule has 6 heteroatoms. The lowest BCUT2D eigenvalue weighted by Gasteiger charge is -2.04. The summed E-state index contributed by atoms with van der Waals surface area (Å²) in [6.45, 7) is 1.30. The smallest absolute Gasteiger partial charge is 0.307 e. The van der Waals surface area contributed by atoms with Gasteiger partial charge in [-0.05, 0) is 17.7 Å². The maximum Gasteiger partial charge on any atom is 0.307 e. The maximum absolute atomic E-state index is 10.8. The molecule has 0 bridgehead atoms. The molecule has 0 aromatic carbocycles. The fourth-order valence-corrected chi connectivity index (χ4v) is 1.19. The van der Waals surface area contributed by atoms with E-state index in [0.29, 0.717) is 11.8 Å². The number of carboxylic acid groups (broad SMARTS) is 1. The molecule has 0 aliphatic carbocycles. The number of pyridine rings is 1. The van der Waals surface area contributed by atoms with Gasteiger partial charge in [0.15, 0.2) is 6.29 Å². The van der Waals surface area contributed by atoms with Crippen LogP contribution in [-0.4, -0.2) is 28.3 Å². The maximum atomic E-state index is 10.8. The number of nitrogens with one attached hydrogen (secondary N) is 1. The van der Waals surface area contributed by atoms with Crippen LogP contribution >= 0.6 is 0 Å². The predicted molar refractivity (Wildman–Crippen MR) is 55.3 cm³/mol. The van der Waals surface area contributed by atoms with E-state index in [-0.39, 0.29) is 23.8 Å². The van der Waals surface area contributed by atoms with Crippen LogP contribution in [0, 0.1) is 0 Å². The Morgan fingerprint density at radius 1 is 1.50 bits per heavy atom. The molecule has 1 rings (SSSR count). The minimum absolute atomic E-state index is 0.0856. The predicted octanol–water partition coefficient (Wildman–Crippen LogP) is 0.480. The van der Waals surface area contributed by atoms with Gasteiger partial charge in [-0.2, -0.15) is 0 Å². The molecule has 0 fully saturated rings. The SMILES string of the molecule is CC(=O)Nc1cc(CC(=O)O)cc(C=O)n1. The Bertz CT molecular complexity index is 408. The van der Waals surface area contributed by atoms with Gasteiger partial charge in [0.1, 0.15) is 11.5 Å². The molecule has 16 heavy (non-hydrogen) atoms. The third-order valence-electron chi connectivity index (χ3n) is 1.69. The second kappa shape index (κ2) is 5.01. The lowest BCUT2D eigenvalue weighted by atomic mass is 10.1. The van der Waals surface area contributed by atoms with E-state index in [0.717, 1.165) is 0 Å². The second-order valence-electron chi connectivity index (χ2n) is 3.16. The fourth-order valence-electron chi connectivity index (χ4n) is 1.19. The molecule has 6 nitrogen and oxygen atoms in total. The van der Waals surface area contributed by atoms with Crippen LogP contribution in [0.15, 0.2) is 12.1 Å². The molecule has 1 heterocycles. The highest BCUT2D eigenvalue weighted by atomic mass is 16.4. The van der Waals surface area contributed by atoms with Crippen molar-refractivity contribution in [2.24, 2.45) is 0 Å². The molecule has 0 unspecified atom stereocenters. The summed E-state index contributed by atoms with van der Waals surface area (Å²) < 4.78 is 0. The number of carbonyl (C=O) groups is 3. The summed E-state index contributed by atoms with van der Waals surface area (Å²) in [5.41, 5.74) is 0.496. The molecule has 0 aliphatic rings. The van der Waals surface area contributed by atoms with Crippen molar-refractivity contribution in [1.82, 2.24) is 4.98 Å². The minimum atomic E-state index is -1.02. The number of nitrogens with zero attached hydrogens (tertiary/aromatic N) is 1. The van der Waals surface area contributed by atoms with E-state index in [1.54, 1.807) is 0 Å². The van der Waals surface area contributed by atoms with Crippen molar-refractivity contribution in [2.75, 3.05) is 5.32 Å². The number of aromatic nitrogens is 1. The van der Waals surface area contributed by atoms with Crippen molar-refractivity contribution >= 4 is 24.0 Å². The molecule has 0 aliphatic heterocycles. The van der Waals surface area contributed by atoms with E-state index in [2.05, 4.69) is 10.3 Å². The molecule has 0 saturated carbocycles. The zero-order chi connectivity index (χ0) is 12.1. The van der Waals surface area contributed by atoms with E-state index in [1.165, 1.54) is 19.1 Å². The largest absolute Gasteiger partial charge is 0.481 e. The van der Waals surface area contributed by atoms with Crippen LogP contribution < -0.4 is 5.32 Å². The molecule has 0 spiro atoms. The Hall–Kier alpha value is -2.24. The van der Waals surface area contributed by atoms with E-state index in [4.69, 9.17) is 5.11 Å². The number of carbonyl (C=O) groups excluding carboxylic acids is 2. The van der Waals surface area contributed by atoms with Gasteiger partial charge in [-0.15, -0.1) is 0 Å². The van der Waals surface area contributed by atoms with Crippen LogP contribution in [0.1, 0.15) is 23.0 Å². The van der Waals surface area contributed by atoms with Crippen LogP contribution in [0.4, 0.5) is 5.82 Å². The lowest BCUT2D eigenvalue weighted by Crippen LogP contribution is -2.10. The topological polar surface area (TPSA) is 96.4 Å². The third-order valence-corrected chi connectivity index (χ3v) is 1.69. The van der Waals surface area contributed by atoms with Crippen molar-refractivity contribution in [3.05, 3.63) is 23.4 Å². The summed E-state index contributed by atoms with van der Waals surface area (Å²) in [6.07, 6.45) is 0.270. The molecule has 1 aromatic rings. The number of anilines is 1. The highest BCUT2D eigenvalue weighted by Gasteiger charge is 2.06. The van der Waals surface area contributed by atoms with Gasteiger partial charge in [-0.1, -0.05) is 0 Å². The molecule has 1 aromatic heterocycles. The van der Waals surface area contributed by atoms with E-state index in [1.807, 2.05) is 0 Å². The third kappa shape index (κ3) is 3.49. The zero-order valence-corrected chi connectivity index (χ0v) is 8.56. The van der Waals surface area contributed by atoms with Crippen molar-refractivity contribution in [2.45, 2.75) is 13.3 Å². The number of amides is 1. The van der Waals surface area contributed by atoms with Crippen molar-refractivity contribution < 1.29 is 19.5 Å². The number of hydrogen-bond donors (Lipinski definition) is 2. The standard InChI is InChI=1S/C10H10N2O4/c1-6(14)11-9-3-7(4-10(15)16)2-8(5-13)12-9/h2-3,5H,4H2,1H3,(H,15,16)(H,11,12,14). The summed E-state index contributed by atoms with van der Waals surface area (Å²) in [5, 5.41) is 11.0. The molecular weight excluding hydrogens is 212 g/mol. The van der Waals surface area contributed by atoms with Gasteiger partial charge in [-0.3, -0.25) is 14.4 Å². The average molecular weight is 222 g/mol. The Balaban J connectivity index is 3.04. The molecule has 0 radical (unpaired) electrons. The van der Waals surface area contributed by atoms with Crippen LogP contribution in [0.5, 0.6) is 0 Å². The number of carboxylic acids is 1. The van der Waals surface area contributed by atoms with Crippen molar-refractivity contribution in [3.8, 4) is 0 Å². The van der Waals surface area contributed by atoms with Gasteiger partial charge < -0.3 is 10.4 Å². The Labute approximate surface area is 91.3 Å². The molecule has 0 atom stereocenters. The number of aldehydes is 1. The molecular formula is C10H10N2O4. The molecule has 0 saturated heterocycles. The van der Waals surface area contributed by atoms with Crippen LogP contribution in [0.2, 0.25) is 0 Å². The minimum Gasteiger partial charge on any atom is -0.481 e. The van der Waals surface area contributed by atoms with Gasteiger partial charge in [0.25, 0.3) is 0 Å². The van der Waals surface area contributed by atoms with Gasteiger partial charge in [0.2, 0.25) is 5.91 Å². The fraction of sp³-hybridized carbons (Fsp3) is 0.200. The lowest BCUT2D eigenvalue weighted by molar-refractivity contribution is -0.136. The summed E-state index contributed by atoms with van der Waals surface area (Å²) >= 11 is 0. The molecule has 2 N–H and O–H groups in total. The average Bonchev–Trinajstić information content (AvgIpc) is 2.14. The van der Waals surface area contributed by atoms with E-state index >= 15 is 0 Å². The Kier molecular flexibility index (Phi) is 3.71. The second-order valence-corrected chi connectivity index (χ2v) is 3.16. The highest BCUT2D eigenvalue weighted by Crippen LogP contribution is 2.10. The number of aliphatic carboxylic acids is 1.